The largest absolute Gasteiger partial charge is 0.504 e. The van der Waals surface area contributed by atoms with Gasteiger partial charge in [0.2, 0.25) is 0 Å². The Morgan fingerprint density at radius 3 is 2.68 bits per heavy atom. The molecule has 1 aromatic heterocycles. The molecule has 3 rings (SSSR count). The van der Waals surface area contributed by atoms with Crippen molar-refractivity contribution >= 4 is 29.7 Å². The van der Waals surface area contributed by atoms with E-state index in [0.29, 0.717) is 31.9 Å². The zero-order valence-corrected chi connectivity index (χ0v) is 18.8. The number of aromatic nitrogens is 1. The van der Waals surface area contributed by atoms with Gasteiger partial charge in [0.25, 0.3) is 0 Å². The van der Waals surface area contributed by atoms with Crippen molar-refractivity contribution in [3.05, 3.63) is 80.9 Å². The van der Waals surface area contributed by atoms with Crippen LogP contribution in [0.4, 0.5) is 5.69 Å². The molecule has 0 fully saturated rings. The van der Waals surface area contributed by atoms with Gasteiger partial charge in [-0.15, -0.1) is 6.58 Å². The number of allylic oxidation sites excluding steroid dienone is 1. The Kier molecular flexibility index (Phi) is 7.87. The molecule has 0 spiro atoms. The third-order valence-corrected chi connectivity index (χ3v) is 5.75. The first-order valence-corrected chi connectivity index (χ1v) is 11.0. The summed E-state index contributed by atoms with van der Waals surface area (Å²) in [6.45, 7) is 11.7. The second kappa shape index (κ2) is 10.8. The Morgan fingerprint density at radius 2 is 2.00 bits per heavy atom. The molecule has 0 atom stereocenters. The van der Waals surface area contributed by atoms with Crippen LogP contribution in [0.25, 0.3) is 12.7 Å². The summed E-state index contributed by atoms with van der Waals surface area (Å²) in [5.41, 5.74) is 2.59. The van der Waals surface area contributed by atoms with Crippen molar-refractivity contribution < 1.29 is 14.6 Å². The molecular weight excluding hydrogens is 408 g/mol. The van der Waals surface area contributed by atoms with Crippen LogP contribution >= 0.6 is 11.3 Å². The SMILES string of the molecule is C=CCc1cc(/C=c2/s/c(=N\c3ccccc3)n(CCOC)c2=C)cc(OCC)c1O. The molecule has 3 aromatic rings. The predicted molar refractivity (Wildman–Crippen MR) is 127 cm³/mol. The third kappa shape index (κ3) is 5.54. The molecule has 31 heavy (non-hydrogen) atoms. The Hall–Kier alpha value is -3.09. The average Bonchev–Trinajstić information content (AvgIpc) is 3.05. The van der Waals surface area contributed by atoms with Crippen LogP contribution in [0.5, 0.6) is 11.5 Å². The van der Waals surface area contributed by atoms with E-state index in [1.165, 1.54) is 0 Å². The molecule has 162 valence electrons. The van der Waals surface area contributed by atoms with Crippen molar-refractivity contribution in [1.29, 1.82) is 0 Å². The molecule has 6 heteroatoms. The average molecular weight is 437 g/mol. The van der Waals surface area contributed by atoms with Gasteiger partial charge in [0, 0.05) is 19.2 Å². The molecule has 1 heterocycles. The maximum absolute atomic E-state index is 10.5. The quantitative estimate of drug-likeness (QED) is 0.523. The van der Waals surface area contributed by atoms with E-state index in [9.17, 15) is 5.11 Å². The van der Waals surface area contributed by atoms with Crippen LogP contribution in [-0.4, -0.2) is 30.0 Å². The van der Waals surface area contributed by atoms with Gasteiger partial charge >= 0.3 is 0 Å². The number of rotatable bonds is 9. The molecule has 2 aromatic carbocycles. The van der Waals surface area contributed by atoms with Gasteiger partial charge in [-0.3, -0.25) is 0 Å². The minimum atomic E-state index is 0.162. The lowest BCUT2D eigenvalue weighted by atomic mass is 10.1. The lowest BCUT2D eigenvalue weighted by molar-refractivity contribution is 0.185. The fourth-order valence-corrected chi connectivity index (χ4v) is 4.27. The highest BCUT2D eigenvalue weighted by molar-refractivity contribution is 7.07. The van der Waals surface area contributed by atoms with Crippen molar-refractivity contribution in [2.24, 2.45) is 4.99 Å². The molecule has 0 aliphatic carbocycles. The first kappa shape index (κ1) is 22.6. The smallest absolute Gasteiger partial charge is 0.191 e. The van der Waals surface area contributed by atoms with Gasteiger partial charge in [0.15, 0.2) is 16.3 Å². The monoisotopic (exact) mass is 436 g/mol. The second-order valence-corrected chi connectivity index (χ2v) is 7.89. The topological polar surface area (TPSA) is 56.0 Å². The highest BCUT2D eigenvalue weighted by Crippen LogP contribution is 2.32. The maximum Gasteiger partial charge on any atom is 0.191 e. The number of hydrogen-bond acceptors (Lipinski definition) is 5. The number of methoxy groups -OCH3 is 1. The van der Waals surface area contributed by atoms with E-state index < -0.39 is 0 Å². The van der Waals surface area contributed by atoms with E-state index in [0.717, 1.165) is 31.5 Å². The summed E-state index contributed by atoms with van der Waals surface area (Å²) in [6, 6.07) is 13.7. The fourth-order valence-electron chi connectivity index (χ4n) is 3.18. The summed E-state index contributed by atoms with van der Waals surface area (Å²) in [7, 11) is 1.68. The minimum Gasteiger partial charge on any atom is -0.504 e. The Bertz CT molecular complexity index is 1210. The van der Waals surface area contributed by atoms with Gasteiger partial charge in [0.1, 0.15) is 0 Å². The standard InChI is InChI=1S/C25H28N2O3S/c1-5-10-20-15-19(16-22(24(20)28)30-6-2)17-23-18(3)27(13-14-29-4)25(31-23)26-21-11-8-7-9-12-21/h5,7-9,11-12,15-17,28H,1,3,6,10,13-14H2,2,4H3/b23-17+,26-25-. The number of hydrogen-bond donors (Lipinski definition) is 1. The highest BCUT2D eigenvalue weighted by atomic mass is 32.1. The number of aromatic hydroxyl groups is 1. The van der Waals surface area contributed by atoms with Gasteiger partial charge in [0.05, 0.1) is 28.8 Å². The van der Waals surface area contributed by atoms with Crippen molar-refractivity contribution in [1.82, 2.24) is 4.57 Å². The summed E-state index contributed by atoms with van der Waals surface area (Å²) in [4.78, 5) is 5.67. The molecule has 0 bridgehead atoms. The first-order valence-electron chi connectivity index (χ1n) is 10.2. The highest BCUT2D eigenvalue weighted by Gasteiger charge is 2.10. The molecule has 0 radical (unpaired) electrons. The van der Waals surface area contributed by atoms with Crippen LogP contribution < -0.4 is 19.4 Å². The van der Waals surface area contributed by atoms with Gasteiger partial charge < -0.3 is 19.1 Å². The van der Waals surface area contributed by atoms with Crippen LogP contribution in [0.1, 0.15) is 18.1 Å². The molecule has 0 saturated heterocycles. The molecule has 5 nitrogen and oxygen atoms in total. The van der Waals surface area contributed by atoms with Crippen LogP contribution in [-0.2, 0) is 17.7 Å². The lowest BCUT2D eigenvalue weighted by Gasteiger charge is -2.11. The molecule has 0 saturated carbocycles. The summed E-state index contributed by atoms with van der Waals surface area (Å²) in [6.07, 6.45) is 4.37. The van der Waals surface area contributed by atoms with E-state index in [-0.39, 0.29) is 5.75 Å². The molecule has 0 aliphatic heterocycles. The van der Waals surface area contributed by atoms with Gasteiger partial charge in [-0.2, -0.15) is 0 Å². The summed E-state index contributed by atoms with van der Waals surface area (Å²) in [5, 5.41) is 11.3. The second-order valence-electron chi connectivity index (χ2n) is 6.88. The van der Waals surface area contributed by atoms with Gasteiger partial charge in [-0.25, -0.2) is 4.99 Å². The Labute approximate surface area is 186 Å². The zero-order chi connectivity index (χ0) is 22.2. The first-order chi connectivity index (χ1) is 15.1. The summed E-state index contributed by atoms with van der Waals surface area (Å²) < 4.78 is 14.0. The molecule has 0 aliphatic rings. The van der Waals surface area contributed by atoms with Gasteiger partial charge in [-0.05, 0) is 49.2 Å². The van der Waals surface area contributed by atoms with Crippen LogP contribution in [0, 0.1) is 0 Å². The van der Waals surface area contributed by atoms with E-state index in [1.54, 1.807) is 24.5 Å². The third-order valence-electron chi connectivity index (χ3n) is 4.68. The van der Waals surface area contributed by atoms with Crippen molar-refractivity contribution in [2.75, 3.05) is 20.3 Å². The number of nitrogens with zero attached hydrogens (tertiary/aromatic N) is 2. The minimum absolute atomic E-state index is 0.162. The predicted octanol–water partition coefficient (Wildman–Crippen LogP) is 3.50. The number of ether oxygens (including phenoxy) is 2. The Balaban J connectivity index is 2.17. The van der Waals surface area contributed by atoms with Crippen LogP contribution in [0.2, 0.25) is 0 Å². The van der Waals surface area contributed by atoms with Crippen molar-refractivity contribution in [3.63, 3.8) is 0 Å². The van der Waals surface area contributed by atoms with Gasteiger partial charge in [-0.1, -0.05) is 42.2 Å². The summed E-state index contributed by atoms with van der Waals surface area (Å²) >= 11 is 1.57. The summed E-state index contributed by atoms with van der Waals surface area (Å²) in [5.74, 6) is 0.631. The molecule has 0 unspecified atom stereocenters. The number of thiazole rings is 1. The number of phenols is 1. The molecule has 0 amide bonds. The van der Waals surface area contributed by atoms with Crippen molar-refractivity contribution in [2.45, 2.75) is 19.9 Å². The van der Waals surface area contributed by atoms with E-state index in [4.69, 9.17) is 14.5 Å². The number of phenolic OH excluding ortho intramolecular Hbond substituents is 1. The normalized spacial score (nSPS) is 12.3. The number of para-hydroxylation sites is 1. The van der Waals surface area contributed by atoms with Crippen LogP contribution in [0.3, 0.4) is 0 Å². The van der Waals surface area contributed by atoms with Crippen LogP contribution in [0.15, 0.2) is 60.1 Å². The molecular formula is C25H28N2O3S. The van der Waals surface area contributed by atoms with Crippen molar-refractivity contribution in [3.8, 4) is 11.5 Å². The van der Waals surface area contributed by atoms with E-state index >= 15 is 0 Å². The molecule has 1 N–H and O–H groups in total. The van der Waals surface area contributed by atoms with E-state index in [2.05, 4.69) is 23.8 Å². The zero-order valence-electron chi connectivity index (χ0n) is 18.0. The maximum atomic E-state index is 10.5. The number of benzene rings is 2. The fraction of sp³-hybridized carbons (Fsp3) is 0.240. The van der Waals surface area contributed by atoms with E-state index in [1.807, 2.05) is 49.4 Å². The lowest BCUT2D eigenvalue weighted by Crippen LogP contribution is -2.32. The Morgan fingerprint density at radius 1 is 1.23 bits per heavy atom.